The smallest absolute Gasteiger partial charge is 0.325 e. The van der Waals surface area contributed by atoms with Crippen LogP contribution in [0.15, 0.2) is 59.1 Å². The van der Waals surface area contributed by atoms with Gasteiger partial charge in [-0.15, -0.1) is 0 Å². The molecule has 152 valence electrons. The molecule has 0 unspecified atom stereocenters. The molecule has 0 aliphatic heterocycles. The van der Waals surface area contributed by atoms with Crippen molar-refractivity contribution in [2.45, 2.75) is 12.8 Å². The van der Waals surface area contributed by atoms with E-state index in [0.717, 1.165) is 0 Å². The summed E-state index contributed by atoms with van der Waals surface area (Å²) in [5, 5.41) is 8.63. The van der Waals surface area contributed by atoms with Crippen LogP contribution < -0.4 is 9.47 Å². The third-order valence-corrected chi connectivity index (χ3v) is 4.07. The number of fused-ring (bicyclic) bond motifs is 1. The van der Waals surface area contributed by atoms with E-state index in [1.165, 1.54) is 18.3 Å². The summed E-state index contributed by atoms with van der Waals surface area (Å²) in [6.07, 6.45) is 1.92. The number of hydrogen-bond donors (Lipinski definition) is 1. The lowest BCUT2D eigenvalue weighted by molar-refractivity contribution is -0.137. The number of hydrogen-bond acceptors (Lipinski definition) is 7. The van der Waals surface area contributed by atoms with E-state index in [0.29, 0.717) is 35.7 Å². The Morgan fingerprint density at radius 3 is 2.67 bits per heavy atom. The van der Waals surface area contributed by atoms with Gasteiger partial charge in [-0.3, -0.25) is 4.79 Å². The molecule has 0 spiro atoms. The monoisotopic (exact) mass is 409 g/mol. The van der Waals surface area contributed by atoms with Gasteiger partial charge in [0.15, 0.2) is 11.6 Å². The Labute approximate surface area is 169 Å². The van der Waals surface area contributed by atoms with Crippen LogP contribution in [0, 0.1) is 5.82 Å². The summed E-state index contributed by atoms with van der Waals surface area (Å²) in [7, 11) is 0. The van der Waals surface area contributed by atoms with Crippen molar-refractivity contribution >= 4 is 17.2 Å². The third-order valence-electron chi connectivity index (χ3n) is 4.07. The van der Waals surface area contributed by atoms with Gasteiger partial charge in [0.25, 0.3) is 5.71 Å². The number of carboxylic acid groups (broad SMARTS) is 1. The Bertz CT molecular complexity index is 1180. The van der Waals surface area contributed by atoms with Crippen molar-refractivity contribution in [3.05, 3.63) is 60.5 Å². The molecular weight excluding hydrogens is 393 g/mol. The van der Waals surface area contributed by atoms with Crippen LogP contribution in [0.5, 0.6) is 17.5 Å². The Balaban J connectivity index is 1.47. The highest BCUT2D eigenvalue weighted by molar-refractivity contribution is 5.72. The van der Waals surface area contributed by atoms with Crippen molar-refractivity contribution in [3.63, 3.8) is 0 Å². The highest BCUT2D eigenvalue weighted by Gasteiger charge is 2.13. The Kier molecular flexibility index (Phi) is 5.51. The van der Waals surface area contributed by atoms with Crippen molar-refractivity contribution in [1.29, 1.82) is 0 Å². The van der Waals surface area contributed by atoms with Crippen molar-refractivity contribution < 1.29 is 28.2 Å². The molecule has 1 N–H and O–H groups in total. The molecule has 30 heavy (non-hydrogen) atoms. The number of aromatic nitrogens is 3. The van der Waals surface area contributed by atoms with Crippen LogP contribution in [0.4, 0.5) is 4.39 Å². The van der Waals surface area contributed by atoms with Crippen LogP contribution in [-0.4, -0.2) is 32.6 Å². The molecule has 0 aliphatic carbocycles. The normalized spacial score (nSPS) is 10.8. The van der Waals surface area contributed by atoms with Gasteiger partial charge < -0.3 is 19.0 Å². The molecule has 0 saturated heterocycles. The molecule has 0 atom stereocenters. The van der Waals surface area contributed by atoms with E-state index < -0.39 is 11.8 Å². The summed E-state index contributed by atoms with van der Waals surface area (Å²) in [4.78, 5) is 23.0. The van der Waals surface area contributed by atoms with Gasteiger partial charge in [0.1, 0.15) is 11.3 Å². The maximum absolute atomic E-state index is 13.7. The first-order valence-electron chi connectivity index (χ1n) is 9.09. The number of aliphatic carboxylic acids is 1. The molecular formula is C21H16FN3O5. The lowest BCUT2D eigenvalue weighted by Crippen LogP contribution is -2.01. The zero-order valence-electron chi connectivity index (χ0n) is 15.6. The molecule has 0 amide bonds. The Hall–Kier alpha value is -4.01. The molecule has 4 rings (SSSR count). The quantitative estimate of drug-likeness (QED) is 0.425. The minimum absolute atomic E-state index is 0.00975. The maximum Gasteiger partial charge on any atom is 0.325 e. The molecule has 0 bridgehead atoms. The van der Waals surface area contributed by atoms with Gasteiger partial charge in [-0.25, -0.2) is 14.4 Å². The minimum Gasteiger partial charge on any atom is -0.494 e. The molecule has 2 aromatic carbocycles. The van der Waals surface area contributed by atoms with Crippen molar-refractivity contribution in [3.8, 4) is 29.0 Å². The van der Waals surface area contributed by atoms with E-state index >= 15 is 0 Å². The summed E-state index contributed by atoms with van der Waals surface area (Å²) in [5.74, 6) is -0.420. The van der Waals surface area contributed by atoms with E-state index in [1.54, 1.807) is 36.4 Å². The number of nitrogens with zero attached hydrogens (tertiary/aromatic N) is 3. The van der Waals surface area contributed by atoms with Gasteiger partial charge in [0.2, 0.25) is 5.89 Å². The number of halogens is 1. The third kappa shape index (κ3) is 4.52. The number of para-hydroxylation sites is 1. The minimum atomic E-state index is -0.851. The van der Waals surface area contributed by atoms with Crippen LogP contribution in [-0.2, 0) is 4.79 Å². The van der Waals surface area contributed by atoms with Gasteiger partial charge in [-0.1, -0.05) is 12.1 Å². The molecule has 9 heteroatoms. The number of carboxylic acids is 1. The predicted molar refractivity (Wildman–Crippen MR) is 104 cm³/mol. The highest BCUT2D eigenvalue weighted by Crippen LogP contribution is 2.27. The maximum atomic E-state index is 13.7. The number of rotatable bonds is 8. The number of oxazole rings is 1. The second kappa shape index (κ2) is 8.56. The fraction of sp³-hybridized carbons (Fsp3) is 0.143. The molecule has 8 nitrogen and oxygen atoms in total. The largest absolute Gasteiger partial charge is 0.494 e. The standard InChI is InChI=1S/C21H16FN3O5/c22-15-4-1-2-5-17(15)29-21-23-12-16-20(25-21)30-19(24-16)13-7-9-14(10-8-13)28-11-3-6-18(26)27/h1-2,4-5,7-10,12H,3,6,11H2,(H,26,27). The van der Waals surface area contributed by atoms with Gasteiger partial charge in [0, 0.05) is 12.0 Å². The average Bonchev–Trinajstić information content (AvgIpc) is 3.17. The zero-order chi connectivity index (χ0) is 20.9. The summed E-state index contributed by atoms with van der Waals surface area (Å²) in [6.45, 7) is 0.314. The molecule has 0 saturated carbocycles. The summed E-state index contributed by atoms with van der Waals surface area (Å²) in [5.41, 5.74) is 1.34. The lowest BCUT2D eigenvalue weighted by Gasteiger charge is -2.05. The average molecular weight is 409 g/mol. The first-order valence-corrected chi connectivity index (χ1v) is 9.09. The van der Waals surface area contributed by atoms with Crippen molar-refractivity contribution in [2.24, 2.45) is 0 Å². The van der Waals surface area contributed by atoms with Gasteiger partial charge in [-0.2, -0.15) is 4.98 Å². The van der Waals surface area contributed by atoms with E-state index in [9.17, 15) is 9.18 Å². The number of carbonyl (C=O) groups is 1. The van der Waals surface area contributed by atoms with E-state index in [-0.39, 0.29) is 23.9 Å². The first kappa shape index (κ1) is 19.3. The predicted octanol–water partition coefficient (Wildman–Crippen LogP) is 4.46. The van der Waals surface area contributed by atoms with E-state index in [4.69, 9.17) is 19.0 Å². The summed E-state index contributed by atoms with van der Waals surface area (Å²) >= 11 is 0. The molecule has 0 radical (unpaired) electrons. The highest BCUT2D eigenvalue weighted by atomic mass is 19.1. The fourth-order valence-corrected chi connectivity index (χ4v) is 2.63. The Morgan fingerprint density at radius 2 is 1.90 bits per heavy atom. The zero-order valence-corrected chi connectivity index (χ0v) is 15.6. The SMILES string of the molecule is O=C(O)CCCOc1ccc(-c2nc3cnc(Oc4ccccc4F)nc3o2)cc1. The van der Waals surface area contributed by atoms with Gasteiger partial charge >= 0.3 is 12.0 Å². The Morgan fingerprint density at radius 1 is 1.10 bits per heavy atom. The van der Waals surface area contributed by atoms with Gasteiger partial charge in [-0.05, 0) is 42.8 Å². The van der Waals surface area contributed by atoms with Crippen molar-refractivity contribution in [2.75, 3.05) is 6.61 Å². The molecule has 2 heterocycles. The molecule has 0 fully saturated rings. The number of benzene rings is 2. The van der Waals surface area contributed by atoms with Crippen LogP contribution in [0.1, 0.15) is 12.8 Å². The topological polar surface area (TPSA) is 108 Å². The number of ether oxygens (including phenoxy) is 2. The van der Waals surface area contributed by atoms with Crippen LogP contribution in [0.2, 0.25) is 0 Å². The van der Waals surface area contributed by atoms with E-state index in [2.05, 4.69) is 15.0 Å². The van der Waals surface area contributed by atoms with Crippen LogP contribution >= 0.6 is 0 Å². The molecule has 2 aromatic heterocycles. The second-order valence-corrected chi connectivity index (χ2v) is 6.26. The van der Waals surface area contributed by atoms with Gasteiger partial charge in [0.05, 0.1) is 12.8 Å². The van der Waals surface area contributed by atoms with Crippen molar-refractivity contribution in [1.82, 2.24) is 15.0 Å². The first-order chi connectivity index (χ1) is 14.6. The summed E-state index contributed by atoms with van der Waals surface area (Å²) < 4.78 is 30.3. The fourth-order valence-electron chi connectivity index (χ4n) is 2.63. The second-order valence-electron chi connectivity index (χ2n) is 6.26. The summed E-state index contributed by atoms with van der Waals surface area (Å²) in [6, 6.07) is 12.9. The molecule has 0 aliphatic rings. The van der Waals surface area contributed by atoms with Crippen LogP contribution in [0.3, 0.4) is 0 Å². The molecule has 4 aromatic rings. The van der Waals surface area contributed by atoms with E-state index in [1.807, 2.05) is 0 Å². The lowest BCUT2D eigenvalue weighted by atomic mass is 10.2. The van der Waals surface area contributed by atoms with Crippen LogP contribution in [0.25, 0.3) is 22.7 Å².